The molecule has 0 unspecified atom stereocenters. The van der Waals surface area contributed by atoms with Crippen LogP contribution in [0.5, 0.6) is 0 Å². The molecule has 0 saturated carbocycles. The van der Waals surface area contributed by atoms with Crippen LogP contribution in [0.1, 0.15) is 44.6 Å². The number of anilines is 3. The van der Waals surface area contributed by atoms with Crippen molar-refractivity contribution < 1.29 is 4.79 Å². The summed E-state index contributed by atoms with van der Waals surface area (Å²) in [5.74, 6) is 2.46. The zero-order valence-electron chi connectivity index (χ0n) is 16.9. The minimum absolute atomic E-state index is 0.0968. The Morgan fingerprint density at radius 2 is 2.14 bits per heavy atom. The summed E-state index contributed by atoms with van der Waals surface area (Å²) in [6.45, 7) is 7.02. The predicted octanol–water partition coefficient (Wildman–Crippen LogP) is 4.24. The first kappa shape index (κ1) is 20.1. The third-order valence-electron chi connectivity index (χ3n) is 5.25. The molecule has 1 atom stereocenters. The molecule has 1 amide bonds. The van der Waals surface area contributed by atoms with Gasteiger partial charge in [0, 0.05) is 37.8 Å². The fourth-order valence-corrected chi connectivity index (χ4v) is 3.64. The molecule has 1 saturated heterocycles. The minimum Gasteiger partial charge on any atom is -0.370 e. The molecule has 2 heterocycles. The summed E-state index contributed by atoms with van der Waals surface area (Å²) in [6, 6.07) is 9.93. The Bertz CT molecular complexity index is 779. The molecule has 2 aromatic rings. The Morgan fingerprint density at radius 3 is 2.96 bits per heavy atom. The van der Waals surface area contributed by atoms with Gasteiger partial charge in [0.05, 0.1) is 0 Å². The molecule has 0 spiro atoms. The van der Waals surface area contributed by atoms with Gasteiger partial charge in [0.15, 0.2) is 0 Å². The van der Waals surface area contributed by atoms with E-state index >= 15 is 0 Å². The molecule has 28 heavy (non-hydrogen) atoms. The van der Waals surface area contributed by atoms with Crippen LogP contribution in [0.3, 0.4) is 0 Å². The van der Waals surface area contributed by atoms with E-state index in [2.05, 4.69) is 32.4 Å². The van der Waals surface area contributed by atoms with Crippen molar-refractivity contribution in [2.24, 2.45) is 5.92 Å². The number of amides is 1. The van der Waals surface area contributed by atoms with Crippen LogP contribution >= 0.6 is 0 Å². The van der Waals surface area contributed by atoms with Gasteiger partial charge in [-0.05, 0) is 50.2 Å². The van der Waals surface area contributed by atoms with E-state index in [9.17, 15) is 4.79 Å². The number of piperidine rings is 1. The number of nitrogens with zero attached hydrogens (tertiary/aromatic N) is 3. The van der Waals surface area contributed by atoms with Gasteiger partial charge in [0.2, 0.25) is 5.91 Å². The molecule has 1 aromatic carbocycles. The maximum absolute atomic E-state index is 12.4. The second kappa shape index (κ2) is 10.1. The molecule has 150 valence electrons. The Morgan fingerprint density at radius 1 is 1.29 bits per heavy atom. The highest BCUT2D eigenvalue weighted by molar-refractivity contribution is 5.91. The molecule has 0 aliphatic carbocycles. The summed E-state index contributed by atoms with van der Waals surface area (Å²) in [5, 5.41) is 6.36. The molecule has 2 N–H and O–H groups in total. The van der Waals surface area contributed by atoms with Crippen LogP contribution in [0, 0.1) is 12.8 Å². The fraction of sp³-hybridized carbons (Fsp3) is 0.500. The molecular weight excluding hydrogens is 350 g/mol. The normalized spacial score (nSPS) is 16.6. The molecule has 6 heteroatoms. The molecular formula is C22H31N5O. The van der Waals surface area contributed by atoms with Crippen LogP contribution in [0.4, 0.5) is 17.3 Å². The zero-order chi connectivity index (χ0) is 19.8. The first-order valence-corrected chi connectivity index (χ1v) is 10.3. The molecule has 3 rings (SSSR count). The fourth-order valence-electron chi connectivity index (χ4n) is 3.64. The van der Waals surface area contributed by atoms with Crippen molar-refractivity contribution >= 4 is 23.2 Å². The average Bonchev–Trinajstić information content (AvgIpc) is 2.73. The van der Waals surface area contributed by atoms with Crippen LogP contribution < -0.4 is 15.5 Å². The van der Waals surface area contributed by atoms with Crippen LogP contribution in [-0.4, -0.2) is 35.5 Å². The number of rotatable bonds is 8. The maximum Gasteiger partial charge on any atom is 0.224 e. The molecule has 1 fully saturated rings. The number of benzene rings is 1. The van der Waals surface area contributed by atoms with Gasteiger partial charge >= 0.3 is 0 Å². The lowest BCUT2D eigenvalue weighted by Crippen LogP contribution is -2.36. The molecule has 1 aliphatic heterocycles. The molecule has 0 bridgehead atoms. The second-order valence-electron chi connectivity index (χ2n) is 7.54. The van der Waals surface area contributed by atoms with Gasteiger partial charge in [0.25, 0.3) is 0 Å². The lowest BCUT2D eigenvalue weighted by molar-refractivity contribution is -0.116. The van der Waals surface area contributed by atoms with E-state index in [1.165, 1.54) is 6.42 Å². The SMILES string of the molecule is CCCNc1cc(N2CCC[C@@H](CCC(=O)Nc3ccccc3C)C2)ncn1. The van der Waals surface area contributed by atoms with E-state index in [1.807, 2.05) is 37.3 Å². The maximum atomic E-state index is 12.4. The highest BCUT2D eigenvalue weighted by Crippen LogP contribution is 2.26. The van der Waals surface area contributed by atoms with Crippen LogP contribution in [0.25, 0.3) is 0 Å². The van der Waals surface area contributed by atoms with Gasteiger partial charge in [0.1, 0.15) is 18.0 Å². The van der Waals surface area contributed by atoms with Crippen molar-refractivity contribution in [3.05, 3.63) is 42.2 Å². The van der Waals surface area contributed by atoms with Crippen molar-refractivity contribution in [1.82, 2.24) is 9.97 Å². The molecule has 1 aliphatic rings. The standard InChI is InChI=1S/C22H31N5O/c1-3-12-23-20-14-21(25-16-24-20)27-13-6-8-18(15-27)10-11-22(28)26-19-9-5-4-7-17(19)2/h4-5,7,9,14,16,18H,3,6,8,10-13,15H2,1-2H3,(H,26,28)(H,23,24,25)/t18-/m0/s1. The topological polar surface area (TPSA) is 70.2 Å². The first-order valence-electron chi connectivity index (χ1n) is 10.3. The van der Waals surface area contributed by atoms with Crippen LogP contribution in [0.2, 0.25) is 0 Å². The van der Waals surface area contributed by atoms with Gasteiger partial charge in [-0.15, -0.1) is 0 Å². The minimum atomic E-state index is 0.0968. The lowest BCUT2D eigenvalue weighted by atomic mass is 9.93. The van der Waals surface area contributed by atoms with Gasteiger partial charge in [-0.2, -0.15) is 0 Å². The number of carbonyl (C=O) groups excluding carboxylic acids is 1. The molecule has 0 radical (unpaired) electrons. The van der Waals surface area contributed by atoms with Crippen molar-refractivity contribution in [2.45, 2.75) is 46.0 Å². The number of aromatic nitrogens is 2. The Kier molecular flexibility index (Phi) is 7.23. The van der Waals surface area contributed by atoms with Gasteiger partial charge in [-0.1, -0.05) is 25.1 Å². The number of aryl methyl sites for hydroxylation is 1. The van der Waals surface area contributed by atoms with E-state index in [0.29, 0.717) is 12.3 Å². The summed E-state index contributed by atoms with van der Waals surface area (Å²) in [5.41, 5.74) is 2.00. The van der Waals surface area contributed by atoms with E-state index < -0.39 is 0 Å². The number of para-hydroxylation sites is 1. The Labute approximate surface area is 167 Å². The third-order valence-corrected chi connectivity index (χ3v) is 5.25. The highest BCUT2D eigenvalue weighted by atomic mass is 16.1. The monoisotopic (exact) mass is 381 g/mol. The zero-order valence-corrected chi connectivity index (χ0v) is 16.9. The van der Waals surface area contributed by atoms with Crippen LogP contribution in [0.15, 0.2) is 36.7 Å². The number of hydrogen-bond donors (Lipinski definition) is 2. The van der Waals surface area contributed by atoms with E-state index in [0.717, 1.165) is 61.8 Å². The van der Waals surface area contributed by atoms with E-state index in [1.54, 1.807) is 6.33 Å². The first-order chi connectivity index (χ1) is 13.7. The quantitative estimate of drug-likeness (QED) is 0.716. The van der Waals surface area contributed by atoms with Gasteiger partial charge in [-0.25, -0.2) is 9.97 Å². The summed E-state index contributed by atoms with van der Waals surface area (Å²) in [7, 11) is 0. The molecule has 6 nitrogen and oxygen atoms in total. The van der Waals surface area contributed by atoms with Crippen molar-refractivity contribution in [3.63, 3.8) is 0 Å². The van der Waals surface area contributed by atoms with Gasteiger partial charge in [-0.3, -0.25) is 4.79 Å². The van der Waals surface area contributed by atoms with E-state index in [-0.39, 0.29) is 5.91 Å². The van der Waals surface area contributed by atoms with Gasteiger partial charge < -0.3 is 15.5 Å². The number of nitrogens with one attached hydrogen (secondary N) is 2. The van der Waals surface area contributed by atoms with E-state index in [4.69, 9.17) is 0 Å². The largest absolute Gasteiger partial charge is 0.370 e. The summed E-state index contributed by atoms with van der Waals surface area (Å²) in [4.78, 5) is 23.4. The molecule has 1 aromatic heterocycles. The Balaban J connectivity index is 1.51. The summed E-state index contributed by atoms with van der Waals surface area (Å²) < 4.78 is 0. The third kappa shape index (κ3) is 5.68. The lowest BCUT2D eigenvalue weighted by Gasteiger charge is -2.33. The van der Waals surface area contributed by atoms with Crippen molar-refractivity contribution in [3.8, 4) is 0 Å². The van der Waals surface area contributed by atoms with Crippen molar-refractivity contribution in [1.29, 1.82) is 0 Å². The second-order valence-corrected chi connectivity index (χ2v) is 7.54. The smallest absolute Gasteiger partial charge is 0.224 e. The van der Waals surface area contributed by atoms with Crippen molar-refractivity contribution in [2.75, 3.05) is 35.2 Å². The Hall–Kier alpha value is -2.63. The highest BCUT2D eigenvalue weighted by Gasteiger charge is 2.22. The average molecular weight is 382 g/mol. The number of hydrogen-bond acceptors (Lipinski definition) is 5. The number of carbonyl (C=O) groups is 1. The summed E-state index contributed by atoms with van der Waals surface area (Å²) >= 11 is 0. The predicted molar refractivity (Wildman–Crippen MR) is 115 cm³/mol. The summed E-state index contributed by atoms with van der Waals surface area (Å²) in [6.07, 6.45) is 6.45. The van der Waals surface area contributed by atoms with Crippen LogP contribution in [-0.2, 0) is 4.79 Å².